The second-order valence-electron chi connectivity index (χ2n) is 6.13. The van der Waals surface area contributed by atoms with E-state index in [0.717, 1.165) is 50.9 Å². The second-order valence-corrected chi connectivity index (χ2v) is 6.55. The maximum atomic E-state index is 9.38. The molecular formula is C18H30ClNO3. The largest absolute Gasteiger partial charge is 0.494 e. The van der Waals surface area contributed by atoms with Crippen LogP contribution in [0.25, 0.3) is 0 Å². The molecular weight excluding hydrogens is 314 g/mol. The van der Waals surface area contributed by atoms with Gasteiger partial charge in [0.1, 0.15) is 11.3 Å². The molecule has 0 saturated carbocycles. The maximum Gasteiger partial charge on any atom is 0.148 e. The monoisotopic (exact) mass is 343 g/mol. The number of aryl methyl sites for hydroxylation is 1. The number of halogens is 1. The van der Waals surface area contributed by atoms with Crippen molar-refractivity contribution in [1.82, 2.24) is 0 Å². The van der Waals surface area contributed by atoms with Gasteiger partial charge in [-0.25, -0.2) is 0 Å². The van der Waals surface area contributed by atoms with Crippen molar-refractivity contribution in [2.75, 3.05) is 13.2 Å². The molecule has 0 fully saturated rings. The first-order valence-corrected chi connectivity index (χ1v) is 8.89. The van der Waals surface area contributed by atoms with E-state index in [1.807, 2.05) is 12.1 Å². The zero-order valence-corrected chi connectivity index (χ0v) is 14.8. The van der Waals surface area contributed by atoms with Crippen molar-refractivity contribution >= 4 is 11.6 Å². The molecule has 1 aromatic rings. The van der Waals surface area contributed by atoms with Gasteiger partial charge in [0.05, 0.1) is 18.8 Å². The van der Waals surface area contributed by atoms with E-state index in [1.54, 1.807) is 0 Å². The SMILES string of the molecule is CCCCOc1ccc(CCCCCC(N)(CO)C(O)Cl)cc1. The number of hydrogen-bond donors (Lipinski definition) is 3. The van der Waals surface area contributed by atoms with E-state index in [1.165, 1.54) is 5.56 Å². The fourth-order valence-electron chi connectivity index (χ4n) is 2.32. The number of hydrogen-bond acceptors (Lipinski definition) is 4. The Labute approximate surface area is 144 Å². The molecule has 5 heteroatoms. The van der Waals surface area contributed by atoms with Crippen LogP contribution in [0.4, 0.5) is 0 Å². The van der Waals surface area contributed by atoms with E-state index < -0.39 is 11.1 Å². The van der Waals surface area contributed by atoms with E-state index in [9.17, 15) is 10.2 Å². The van der Waals surface area contributed by atoms with E-state index in [-0.39, 0.29) is 6.61 Å². The fourth-order valence-corrected chi connectivity index (χ4v) is 2.50. The molecule has 2 atom stereocenters. The third-order valence-corrected chi connectivity index (χ3v) is 4.50. The quantitative estimate of drug-likeness (QED) is 0.402. The Kier molecular flexibility index (Phi) is 9.56. The molecule has 1 rings (SSSR count). The lowest BCUT2D eigenvalue weighted by Gasteiger charge is -2.28. The van der Waals surface area contributed by atoms with Crippen LogP contribution in [0.1, 0.15) is 51.0 Å². The molecule has 0 aliphatic carbocycles. The fraction of sp³-hybridized carbons (Fsp3) is 0.667. The minimum absolute atomic E-state index is 0.308. The van der Waals surface area contributed by atoms with Crippen molar-refractivity contribution in [2.24, 2.45) is 5.73 Å². The van der Waals surface area contributed by atoms with Gasteiger partial charge in [-0.05, 0) is 43.4 Å². The summed E-state index contributed by atoms with van der Waals surface area (Å²) in [4.78, 5) is 0. The zero-order valence-electron chi connectivity index (χ0n) is 14.0. The van der Waals surface area contributed by atoms with Gasteiger partial charge in [0.25, 0.3) is 0 Å². The van der Waals surface area contributed by atoms with Gasteiger partial charge in [-0.15, -0.1) is 0 Å². The smallest absolute Gasteiger partial charge is 0.148 e. The predicted molar refractivity (Wildman–Crippen MR) is 94.9 cm³/mol. The normalized spacial score (nSPS) is 15.2. The highest BCUT2D eigenvalue weighted by molar-refractivity contribution is 6.20. The molecule has 2 unspecified atom stereocenters. The van der Waals surface area contributed by atoms with E-state index >= 15 is 0 Å². The zero-order chi connectivity index (χ0) is 17.1. The Balaban J connectivity index is 2.23. The first-order chi connectivity index (χ1) is 11.0. The van der Waals surface area contributed by atoms with Gasteiger partial charge in [0.2, 0.25) is 0 Å². The first kappa shape index (κ1) is 20.2. The Morgan fingerprint density at radius 3 is 2.43 bits per heavy atom. The molecule has 0 radical (unpaired) electrons. The number of unbranched alkanes of at least 4 members (excludes halogenated alkanes) is 3. The minimum atomic E-state index is -1.22. The number of rotatable bonds is 12. The van der Waals surface area contributed by atoms with Gasteiger partial charge in [0, 0.05) is 0 Å². The summed E-state index contributed by atoms with van der Waals surface area (Å²) in [6.07, 6.45) is 6.58. The van der Waals surface area contributed by atoms with E-state index in [0.29, 0.717) is 6.42 Å². The Hall–Kier alpha value is -0.810. The van der Waals surface area contributed by atoms with Crippen molar-refractivity contribution in [3.05, 3.63) is 29.8 Å². The van der Waals surface area contributed by atoms with Crippen LogP contribution >= 0.6 is 11.6 Å². The third-order valence-electron chi connectivity index (χ3n) is 4.07. The van der Waals surface area contributed by atoms with Crippen LogP contribution in [-0.4, -0.2) is 34.5 Å². The minimum Gasteiger partial charge on any atom is -0.494 e. The van der Waals surface area contributed by atoms with Crippen LogP contribution in [0, 0.1) is 0 Å². The molecule has 0 saturated heterocycles. The van der Waals surface area contributed by atoms with Crippen LogP contribution < -0.4 is 10.5 Å². The van der Waals surface area contributed by atoms with Crippen LogP contribution in [-0.2, 0) is 6.42 Å². The summed E-state index contributed by atoms with van der Waals surface area (Å²) in [7, 11) is 0. The van der Waals surface area contributed by atoms with Crippen LogP contribution in [0.15, 0.2) is 24.3 Å². The highest BCUT2D eigenvalue weighted by atomic mass is 35.5. The number of alkyl halides is 1. The molecule has 4 nitrogen and oxygen atoms in total. The van der Waals surface area contributed by atoms with Gasteiger partial charge < -0.3 is 20.7 Å². The lowest BCUT2D eigenvalue weighted by atomic mass is 9.94. The highest BCUT2D eigenvalue weighted by Gasteiger charge is 2.30. The molecule has 0 heterocycles. The van der Waals surface area contributed by atoms with Crippen molar-refractivity contribution in [2.45, 2.75) is 63.0 Å². The number of benzene rings is 1. The summed E-state index contributed by atoms with van der Waals surface area (Å²) < 4.78 is 5.64. The van der Waals surface area contributed by atoms with Crippen molar-refractivity contribution in [3.8, 4) is 5.75 Å². The molecule has 1 aromatic carbocycles. The summed E-state index contributed by atoms with van der Waals surface area (Å²) in [5.74, 6) is 0.925. The van der Waals surface area contributed by atoms with E-state index in [4.69, 9.17) is 22.1 Å². The number of nitrogens with two attached hydrogens (primary N) is 1. The van der Waals surface area contributed by atoms with Gasteiger partial charge in [-0.2, -0.15) is 0 Å². The molecule has 132 valence electrons. The summed E-state index contributed by atoms with van der Waals surface area (Å²) in [6.45, 7) is 2.61. The number of ether oxygens (including phenoxy) is 1. The summed E-state index contributed by atoms with van der Waals surface area (Å²) in [6, 6.07) is 8.24. The first-order valence-electron chi connectivity index (χ1n) is 8.45. The molecule has 23 heavy (non-hydrogen) atoms. The topological polar surface area (TPSA) is 75.7 Å². The molecule has 4 N–H and O–H groups in total. The van der Waals surface area contributed by atoms with Crippen LogP contribution in [0.3, 0.4) is 0 Å². The van der Waals surface area contributed by atoms with Gasteiger partial charge >= 0.3 is 0 Å². The molecule has 0 amide bonds. The molecule has 0 aliphatic heterocycles. The van der Waals surface area contributed by atoms with Crippen molar-refractivity contribution in [1.29, 1.82) is 0 Å². The molecule has 0 spiro atoms. The average molecular weight is 344 g/mol. The van der Waals surface area contributed by atoms with Crippen molar-refractivity contribution in [3.63, 3.8) is 0 Å². The Morgan fingerprint density at radius 2 is 1.87 bits per heavy atom. The standard InChI is InChI=1S/C18H30ClNO3/c1-2-3-13-23-16-10-8-15(9-11-16)7-5-4-6-12-18(20,14-21)17(19)22/h8-11,17,21-22H,2-7,12-14,20H2,1H3. The lowest BCUT2D eigenvalue weighted by molar-refractivity contribution is 0.0865. The Morgan fingerprint density at radius 1 is 1.17 bits per heavy atom. The Bertz CT molecular complexity index is 425. The summed E-state index contributed by atoms with van der Waals surface area (Å²) >= 11 is 5.61. The van der Waals surface area contributed by atoms with Crippen LogP contribution in [0.2, 0.25) is 0 Å². The van der Waals surface area contributed by atoms with E-state index in [2.05, 4.69) is 19.1 Å². The van der Waals surface area contributed by atoms with Gasteiger partial charge in [-0.1, -0.05) is 49.9 Å². The third kappa shape index (κ3) is 7.53. The second kappa shape index (κ2) is 10.9. The lowest BCUT2D eigenvalue weighted by Crippen LogP contribution is -2.51. The number of aliphatic hydroxyl groups excluding tert-OH is 2. The average Bonchev–Trinajstić information content (AvgIpc) is 2.55. The van der Waals surface area contributed by atoms with Crippen LogP contribution in [0.5, 0.6) is 5.75 Å². The summed E-state index contributed by atoms with van der Waals surface area (Å²) in [5, 5.41) is 18.6. The van der Waals surface area contributed by atoms with Gasteiger partial charge in [-0.3, -0.25) is 0 Å². The predicted octanol–water partition coefficient (Wildman–Crippen LogP) is 3.22. The van der Waals surface area contributed by atoms with Gasteiger partial charge in [0.15, 0.2) is 0 Å². The summed E-state index contributed by atoms with van der Waals surface area (Å²) in [5.41, 5.74) is 4.82. The molecule has 0 aliphatic rings. The number of aliphatic hydroxyl groups is 2. The van der Waals surface area contributed by atoms with Crippen molar-refractivity contribution < 1.29 is 14.9 Å². The molecule has 0 bridgehead atoms. The molecule has 0 aromatic heterocycles. The highest BCUT2D eigenvalue weighted by Crippen LogP contribution is 2.20. The maximum absolute atomic E-state index is 9.38.